The van der Waals surface area contributed by atoms with Crippen molar-refractivity contribution < 1.29 is 4.79 Å². The van der Waals surface area contributed by atoms with E-state index in [0.29, 0.717) is 16.0 Å². The number of thioether (sulfide) groups is 1. The molecule has 0 fully saturated rings. The zero-order chi connectivity index (χ0) is 26.0. The first-order valence-corrected chi connectivity index (χ1v) is 13.2. The number of anilines is 1. The van der Waals surface area contributed by atoms with Gasteiger partial charge in [0.1, 0.15) is 0 Å². The van der Waals surface area contributed by atoms with E-state index in [2.05, 4.69) is 79.6 Å². The molecule has 4 rings (SSSR count). The van der Waals surface area contributed by atoms with Crippen LogP contribution in [0.5, 0.6) is 0 Å². The van der Waals surface area contributed by atoms with Gasteiger partial charge in [-0.15, -0.1) is 10.2 Å². The summed E-state index contributed by atoms with van der Waals surface area (Å²) in [5, 5.41) is 13.3. The van der Waals surface area contributed by atoms with Gasteiger partial charge in [-0.1, -0.05) is 86.1 Å². The number of nitrogens with one attached hydrogen (secondary N) is 1. The van der Waals surface area contributed by atoms with Crippen LogP contribution in [0.3, 0.4) is 0 Å². The molecule has 0 unspecified atom stereocenters. The van der Waals surface area contributed by atoms with Gasteiger partial charge in [-0.25, -0.2) is 0 Å². The van der Waals surface area contributed by atoms with E-state index in [4.69, 9.17) is 11.6 Å². The summed E-state index contributed by atoms with van der Waals surface area (Å²) in [6, 6.07) is 20.1. The smallest absolute Gasteiger partial charge is 0.234 e. The third-order valence-electron chi connectivity index (χ3n) is 6.00. The summed E-state index contributed by atoms with van der Waals surface area (Å²) in [7, 11) is 0. The largest absolute Gasteiger partial charge is 0.325 e. The van der Waals surface area contributed by atoms with Crippen molar-refractivity contribution in [2.75, 3.05) is 11.1 Å². The lowest BCUT2D eigenvalue weighted by Gasteiger charge is -2.19. The highest BCUT2D eigenvalue weighted by molar-refractivity contribution is 7.99. The predicted molar refractivity (Wildman–Crippen MR) is 151 cm³/mol. The van der Waals surface area contributed by atoms with Crippen LogP contribution in [0, 0.1) is 20.8 Å². The maximum absolute atomic E-state index is 12.9. The van der Waals surface area contributed by atoms with Crippen LogP contribution in [0.15, 0.2) is 65.8 Å². The number of halogens is 1. The van der Waals surface area contributed by atoms with E-state index in [1.165, 1.54) is 22.9 Å². The molecular weight excluding hydrogens is 488 g/mol. The molecule has 0 aliphatic rings. The van der Waals surface area contributed by atoms with Crippen LogP contribution in [0.2, 0.25) is 5.02 Å². The predicted octanol–water partition coefficient (Wildman–Crippen LogP) is 7.54. The monoisotopic (exact) mass is 518 g/mol. The number of carbonyl (C=O) groups is 1. The Labute approximate surface area is 222 Å². The van der Waals surface area contributed by atoms with E-state index < -0.39 is 0 Å². The minimum absolute atomic E-state index is 0.0604. The number of hydrogen-bond acceptors (Lipinski definition) is 4. The molecule has 36 heavy (non-hydrogen) atoms. The molecule has 5 nitrogen and oxygen atoms in total. The van der Waals surface area contributed by atoms with Crippen LogP contribution in [-0.4, -0.2) is 26.4 Å². The van der Waals surface area contributed by atoms with Gasteiger partial charge in [0.05, 0.1) is 5.75 Å². The van der Waals surface area contributed by atoms with Gasteiger partial charge in [-0.2, -0.15) is 0 Å². The fourth-order valence-corrected chi connectivity index (χ4v) is 5.05. The Hall–Kier alpha value is -3.09. The topological polar surface area (TPSA) is 59.8 Å². The van der Waals surface area contributed by atoms with Crippen LogP contribution in [0.25, 0.3) is 17.1 Å². The summed E-state index contributed by atoms with van der Waals surface area (Å²) in [5.41, 5.74) is 7.29. The Bertz CT molecular complexity index is 1360. The highest BCUT2D eigenvalue weighted by Gasteiger charge is 2.19. The molecule has 1 N–H and O–H groups in total. The summed E-state index contributed by atoms with van der Waals surface area (Å²) in [4.78, 5) is 12.9. The zero-order valence-corrected chi connectivity index (χ0v) is 23.1. The van der Waals surface area contributed by atoms with Crippen molar-refractivity contribution in [3.05, 3.63) is 87.9 Å². The number of rotatable bonds is 6. The lowest BCUT2D eigenvalue weighted by atomic mass is 9.87. The quantitative estimate of drug-likeness (QED) is 0.268. The molecule has 7 heteroatoms. The molecule has 0 saturated heterocycles. The third-order valence-corrected chi connectivity index (χ3v) is 7.18. The second kappa shape index (κ2) is 10.5. The summed E-state index contributed by atoms with van der Waals surface area (Å²) < 4.78 is 1.97. The van der Waals surface area contributed by atoms with Crippen molar-refractivity contribution in [2.45, 2.75) is 52.1 Å². The molecule has 0 aliphatic heterocycles. The Morgan fingerprint density at radius 1 is 0.944 bits per heavy atom. The fourth-order valence-electron chi connectivity index (χ4n) is 4.18. The van der Waals surface area contributed by atoms with Crippen LogP contribution < -0.4 is 5.32 Å². The van der Waals surface area contributed by atoms with E-state index in [-0.39, 0.29) is 17.1 Å². The van der Waals surface area contributed by atoms with Gasteiger partial charge in [-0.05, 0) is 67.1 Å². The summed E-state index contributed by atoms with van der Waals surface area (Å²) >= 11 is 7.50. The van der Waals surface area contributed by atoms with Crippen LogP contribution >= 0.6 is 23.4 Å². The highest BCUT2D eigenvalue weighted by Crippen LogP contribution is 2.31. The standard InChI is InChI=1S/C29H31ClN4OS/c1-18-15-19(2)26(20(3)16-18)31-25(35)17-36-28-33-32-27(34(28)24-13-11-23(30)12-14-24)21-7-9-22(10-8-21)29(4,5)6/h7-16H,17H2,1-6H3,(H,31,35). The van der Waals surface area contributed by atoms with Crippen LogP contribution in [0.1, 0.15) is 43.0 Å². The summed E-state index contributed by atoms with van der Waals surface area (Å²) in [5.74, 6) is 0.837. The average Bonchev–Trinajstić information content (AvgIpc) is 3.24. The Morgan fingerprint density at radius 2 is 1.56 bits per heavy atom. The Kier molecular flexibility index (Phi) is 7.57. The van der Waals surface area contributed by atoms with Gasteiger partial charge >= 0.3 is 0 Å². The van der Waals surface area contributed by atoms with Gasteiger partial charge in [0, 0.05) is 22.0 Å². The van der Waals surface area contributed by atoms with Crippen LogP contribution in [0.4, 0.5) is 5.69 Å². The van der Waals surface area contributed by atoms with Crippen molar-refractivity contribution in [1.29, 1.82) is 0 Å². The lowest BCUT2D eigenvalue weighted by Crippen LogP contribution is -2.16. The Balaban J connectivity index is 1.62. The molecule has 4 aromatic rings. The number of hydrogen-bond donors (Lipinski definition) is 1. The van der Waals surface area contributed by atoms with E-state index in [1.54, 1.807) is 0 Å². The molecule has 0 atom stereocenters. The second-order valence-electron chi connectivity index (χ2n) is 10.1. The number of nitrogens with zero attached hydrogens (tertiary/aromatic N) is 3. The van der Waals surface area contributed by atoms with Gasteiger partial charge in [0.25, 0.3) is 0 Å². The number of carbonyl (C=O) groups excluding carboxylic acids is 1. The van der Waals surface area contributed by atoms with Gasteiger partial charge in [0.15, 0.2) is 11.0 Å². The van der Waals surface area contributed by atoms with Crippen molar-refractivity contribution in [3.8, 4) is 17.1 Å². The molecule has 0 bridgehead atoms. The van der Waals surface area contributed by atoms with Gasteiger partial charge < -0.3 is 5.32 Å². The molecule has 3 aromatic carbocycles. The average molecular weight is 519 g/mol. The summed E-state index contributed by atoms with van der Waals surface area (Å²) in [6.45, 7) is 12.7. The van der Waals surface area contributed by atoms with Gasteiger partial charge in [0.2, 0.25) is 5.91 Å². The first-order chi connectivity index (χ1) is 17.0. The molecule has 186 valence electrons. The Morgan fingerprint density at radius 3 is 2.14 bits per heavy atom. The molecule has 0 radical (unpaired) electrons. The maximum Gasteiger partial charge on any atom is 0.234 e. The number of aryl methyl sites for hydroxylation is 3. The number of amides is 1. The molecule has 0 spiro atoms. The molecule has 1 aromatic heterocycles. The van der Waals surface area contributed by atoms with E-state index in [1.807, 2.05) is 42.7 Å². The first-order valence-electron chi connectivity index (χ1n) is 11.9. The normalized spacial score (nSPS) is 11.5. The molecule has 1 amide bonds. The number of aromatic nitrogens is 3. The fraction of sp³-hybridized carbons (Fsp3) is 0.276. The summed E-state index contributed by atoms with van der Waals surface area (Å²) in [6.07, 6.45) is 0. The minimum Gasteiger partial charge on any atom is -0.325 e. The highest BCUT2D eigenvalue weighted by atomic mass is 35.5. The first kappa shape index (κ1) is 26.0. The third kappa shape index (κ3) is 5.82. The zero-order valence-electron chi connectivity index (χ0n) is 21.5. The van der Waals surface area contributed by atoms with Crippen molar-refractivity contribution in [1.82, 2.24) is 14.8 Å². The van der Waals surface area contributed by atoms with E-state index >= 15 is 0 Å². The molecular formula is C29H31ClN4OS. The van der Waals surface area contributed by atoms with Crippen molar-refractivity contribution in [2.24, 2.45) is 0 Å². The maximum atomic E-state index is 12.9. The second-order valence-corrected chi connectivity index (χ2v) is 11.4. The minimum atomic E-state index is -0.0863. The van der Waals surface area contributed by atoms with Crippen LogP contribution in [-0.2, 0) is 10.2 Å². The molecule has 0 aliphatic carbocycles. The molecule has 1 heterocycles. The lowest BCUT2D eigenvalue weighted by molar-refractivity contribution is -0.113. The molecule has 0 saturated carbocycles. The van der Waals surface area contributed by atoms with E-state index in [0.717, 1.165) is 28.1 Å². The van der Waals surface area contributed by atoms with Gasteiger partial charge in [-0.3, -0.25) is 9.36 Å². The van der Waals surface area contributed by atoms with E-state index in [9.17, 15) is 4.79 Å². The SMILES string of the molecule is Cc1cc(C)c(NC(=O)CSc2nnc(-c3ccc(C(C)(C)C)cc3)n2-c2ccc(Cl)cc2)c(C)c1. The van der Waals surface area contributed by atoms with Crippen molar-refractivity contribution >= 4 is 35.0 Å². The number of benzene rings is 3. The van der Waals surface area contributed by atoms with Crippen molar-refractivity contribution in [3.63, 3.8) is 0 Å².